The first kappa shape index (κ1) is 25.6. The fraction of sp³-hybridized carbons (Fsp3) is 0.333. The van der Waals surface area contributed by atoms with E-state index < -0.39 is 7.52 Å². The van der Waals surface area contributed by atoms with Crippen molar-refractivity contribution in [2.45, 2.75) is 33.7 Å². The molecule has 3 aromatic rings. The molecule has 0 bridgehead atoms. The minimum Gasteiger partial charge on any atom is -0.506 e. The number of aromatic hydroxyl groups is 1. The van der Waals surface area contributed by atoms with Crippen molar-refractivity contribution in [2.24, 2.45) is 5.41 Å². The zero-order valence-electron chi connectivity index (χ0n) is 20.3. The monoisotopic (exact) mass is 533 g/mol. The van der Waals surface area contributed by atoms with Crippen LogP contribution >= 0.6 is 30.8 Å². The number of amidine groups is 1. The van der Waals surface area contributed by atoms with Crippen molar-refractivity contribution in [1.82, 2.24) is 4.57 Å². The van der Waals surface area contributed by atoms with Crippen LogP contribution in [0, 0.1) is 5.41 Å². The first-order valence-corrected chi connectivity index (χ1v) is 14.9. The summed E-state index contributed by atoms with van der Waals surface area (Å²) in [6.07, 6.45) is 4.36. The fourth-order valence-corrected chi connectivity index (χ4v) is 6.47. The summed E-state index contributed by atoms with van der Waals surface area (Å²) in [5.41, 5.74) is 2.30. The first-order valence-electron chi connectivity index (χ1n) is 11.1. The van der Waals surface area contributed by atoms with Crippen molar-refractivity contribution < 1.29 is 19.0 Å². The van der Waals surface area contributed by atoms with E-state index in [1.807, 2.05) is 29.1 Å². The average molecular weight is 534 g/mol. The van der Waals surface area contributed by atoms with Crippen LogP contribution in [0.1, 0.15) is 32.8 Å². The molecule has 0 radical (unpaired) electrons. The molecule has 11 heteroatoms. The van der Waals surface area contributed by atoms with Gasteiger partial charge in [0.05, 0.1) is 0 Å². The van der Waals surface area contributed by atoms with Gasteiger partial charge < -0.3 is 14.4 Å². The van der Waals surface area contributed by atoms with Gasteiger partial charge in [-0.15, -0.1) is 0 Å². The van der Waals surface area contributed by atoms with E-state index in [4.69, 9.17) is 4.52 Å². The van der Waals surface area contributed by atoms with Gasteiger partial charge in [0.25, 0.3) is 11.4 Å². The Hall–Kier alpha value is -2.52. The number of aryl methyl sites for hydroxylation is 1. The van der Waals surface area contributed by atoms with Crippen LogP contribution in [0.2, 0.25) is 0 Å². The van der Waals surface area contributed by atoms with E-state index in [1.54, 1.807) is 22.9 Å². The molecule has 0 spiro atoms. The number of hydrogen-bond donors (Lipinski definition) is 4. The number of hydrogen-bond acceptors (Lipinski definition) is 8. The van der Waals surface area contributed by atoms with Crippen molar-refractivity contribution in [2.75, 3.05) is 23.4 Å². The quantitative estimate of drug-likeness (QED) is 0.270. The number of anilines is 2. The van der Waals surface area contributed by atoms with Gasteiger partial charge in [-0.25, -0.2) is 14.6 Å². The smallest absolute Gasteiger partial charge is 0.409 e. The summed E-state index contributed by atoms with van der Waals surface area (Å²) in [6.45, 7) is 6.82. The molecule has 0 saturated carbocycles. The molecule has 186 valence electrons. The minimum absolute atomic E-state index is 0.0156. The zero-order chi connectivity index (χ0) is 25.4. The maximum absolute atomic E-state index is 13.8. The zero-order valence-corrected chi connectivity index (χ0v) is 22.9. The van der Waals surface area contributed by atoms with E-state index in [9.17, 15) is 14.5 Å². The Morgan fingerprint density at radius 3 is 2.71 bits per heavy atom. The molecule has 0 saturated heterocycles. The number of aromatic nitrogens is 1. The number of nitrogens with zero attached hydrogens (tertiary/aromatic N) is 1. The highest BCUT2D eigenvalue weighted by Gasteiger charge is 2.40. The highest BCUT2D eigenvalue weighted by Crippen LogP contribution is 2.40. The summed E-state index contributed by atoms with van der Waals surface area (Å²) in [5, 5.41) is 18.8. The van der Waals surface area contributed by atoms with Crippen LogP contribution in [-0.4, -0.2) is 28.9 Å². The van der Waals surface area contributed by atoms with Crippen LogP contribution in [-0.2, 0) is 15.6 Å². The van der Waals surface area contributed by atoms with Crippen molar-refractivity contribution in [3.63, 3.8) is 0 Å². The van der Waals surface area contributed by atoms with Gasteiger partial charge in [0, 0.05) is 37.4 Å². The van der Waals surface area contributed by atoms with Crippen LogP contribution in [0.25, 0.3) is 11.1 Å². The van der Waals surface area contributed by atoms with E-state index in [2.05, 4.69) is 35.6 Å². The van der Waals surface area contributed by atoms with Crippen LogP contribution < -0.4 is 25.7 Å². The largest absolute Gasteiger partial charge is 0.506 e. The maximum atomic E-state index is 13.8. The minimum atomic E-state index is -3.58. The molecule has 35 heavy (non-hydrogen) atoms. The van der Waals surface area contributed by atoms with E-state index in [0.717, 1.165) is 17.7 Å². The third kappa shape index (κ3) is 5.21. The summed E-state index contributed by atoms with van der Waals surface area (Å²) in [7, 11) is -2.22. The predicted molar refractivity (Wildman–Crippen MR) is 146 cm³/mol. The Bertz CT molecular complexity index is 1380. The normalized spacial score (nSPS) is 17.5. The van der Waals surface area contributed by atoms with Crippen LogP contribution in [0.5, 0.6) is 5.75 Å². The fourth-order valence-electron chi connectivity index (χ4n) is 3.83. The van der Waals surface area contributed by atoms with Gasteiger partial charge in [-0.1, -0.05) is 32.7 Å². The Balaban J connectivity index is 1.90. The molecule has 1 aliphatic heterocycles. The molecule has 4 N–H and O–H groups in total. The van der Waals surface area contributed by atoms with Crippen LogP contribution in [0.15, 0.2) is 46.0 Å². The summed E-state index contributed by atoms with van der Waals surface area (Å²) < 4.78 is 26.9. The lowest BCUT2D eigenvalue weighted by atomic mass is 9.92. The second-order valence-corrected chi connectivity index (χ2v) is 13.0. The lowest BCUT2D eigenvalue weighted by Gasteiger charge is -2.22. The van der Waals surface area contributed by atoms with Gasteiger partial charge in [0.15, 0.2) is 5.56 Å². The van der Waals surface area contributed by atoms with Gasteiger partial charge in [-0.05, 0) is 52.4 Å². The average Bonchev–Trinajstić information content (AvgIpc) is 3.33. The first-order chi connectivity index (χ1) is 16.6. The van der Waals surface area contributed by atoms with Gasteiger partial charge >= 0.3 is 7.52 Å². The van der Waals surface area contributed by atoms with Gasteiger partial charge in [0.2, 0.25) is 0 Å². The van der Waals surface area contributed by atoms with Crippen LogP contribution in [0.4, 0.5) is 11.4 Å². The summed E-state index contributed by atoms with van der Waals surface area (Å²) in [6, 6.07) is 7.26. The number of pyridine rings is 1. The third-order valence-corrected chi connectivity index (χ3v) is 8.91. The van der Waals surface area contributed by atoms with Crippen molar-refractivity contribution in [3.8, 4) is 16.9 Å². The summed E-state index contributed by atoms with van der Waals surface area (Å²) in [5.74, 6) is -0.0282. The highest BCUT2D eigenvalue weighted by atomic mass is 32.2. The Kier molecular flexibility index (Phi) is 7.20. The standard InChI is InChI=1S/C24H29N4O4PS2/c1-24(2,3)9-10-28-13-17(15-8-11-35-14-15)21(29)20(23(28)30)22-25-18-7-6-16(27-34-5)12-19(18)33(31,26-22)32-4/h6-8,11-14,27,29H,9-10H2,1-5H3,(H,25,26,31)/p+1. The molecule has 4 rings (SSSR count). The highest BCUT2D eigenvalue weighted by molar-refractivity contribution is 7.99. The second-order valence-electron chi connectivity index (χ2n) is 9.47. The Labute approximate surface area is 213 Å². The number of fused-ring (bicyclic) bond motifs is 1. The van der Waals surface area contributed by atoms with E-state index in [-0.39, 0.29) is 28.1 Å². The molecule has 0 amide bonds. The van der Waals surface area contributed by atoms with Crippen LogP contribution in [0.3, 0.4) is 0 Å². The van der Waals surface area contributed by atoms with Gasteiger partial charge in [-0.2, -0.15) is 11.3 Å². The Morgan fingerprint density at radius 2 is 2.09 bits per heavy atom. The molecule has 0 fully saturated rings. The molecule has 3 heterocycles. The predicted octanol–water partition coefficient (Wildman–Crippen LogP) is 3.83. The second kappa shape index (κ2) is 9.85. The molecule has 8 nitrogen and oxygen atoms in total. The van der Waals surface area contributed by atoms with Crippen molar-refractivity contribution in [3.05, 3.63) is 57.1 Å². The molecular weight excluding hydrogens is 503 g/mol. The van der Waals surface area contributed by atoms with E-state index in [1.165, 1.54) is 30.4 Å². The lowest BCUT2D eigenvalue weighted by molar-refractivity contribution is -0.289. The Morgan fingerprint density at radius 1 is 1.31 bits per heavy atom. The molecule has 1 aromatic carbocycles. The van der Waals surface area contributed by atoms with E-state index >= 15 is 0 Å². The maximum Gasteiger partial charge on any atom is 0.409 e. The van der Waals surface area contributed by atoms with Gasteiger partial charge in [0.1, 0.15) is 16.7 Å². The number of thiophene rings is 1. The lowest BCUT2D eigenvalue weighted by Crippen LogP contribution is -2.75. The topological polar surface area (TPSA) is 107 Å². The van der Waals surface area contributed by atoms with Gasteiger partial charge in [-0.3, -0.25) is 9.32 Å². The number of benzene rings is 1. The molecule has 1 unspecified atom stereocenters. The third-order valence-electron chi connectivity index (χ3n) is 5.75. The molecule has 2 aromatic heterocycles. The number of rotatable bonds is 7. The summed E-state index contributed by atoms with van der Waals surface area (Å²) in [4.78, 5) is 13.6. The SMILES string of the molecule is COP1(=O)[NH+]=C(c2c(O)c(-c3ccsc3)cn(CCC(C)(C)C)c2=O)Nc2ccc(NSC)cc21. The molecule has 1 aliphatic rings. The molecule has 0 aliphatic carbocycles. The number of nitrogens with one attached hydrogen (secondary N) is 3. The van der Waals surface area contributed by atoms with E-state index in [0.29, 0.717) is 23.1 Å². The molecule has 1 atom stereocenters. The summed E-state index contributed by atoms with van der Waals surface area (Å²) >= 11 is 2.92. The van der Waals surface area contributed by atoms with Crippen molar-refractivity contribution in [1.29, 1.82) is 0 Å². The molecular formula is C24H30N4O4PS2+. The van der Waals surface area contributed by atoms with Crippen molar-refractivity contribution >= 4 is 53.3 Å².